The van der Waals surface area contributed by atoms with Crippen LogP contribution in [0.15, 0.2) is 29.2 Å². The molecule has 0 aliphatic carbocycles. The summed E-state index contributed by atoms with van der Waals surface area (Å²) in [7, 11) is -3.44. The van der Waals surface area contributed by atoms with Crippen molar-refractivity contribution in [3.05, 3.63) is 24.3 Å². The molecule has 0 aromatic heterocycles. The summed E-state index contributed by atoms with van der Waals surface area (Å²) in [5.41, 5.74) is 0. The molecule has 2 heterocycles. The van der Waals surface area contributed by atoms with Crippen molar-refractivity contribution >= 4 is 10.0 Å². The topological polar surface area (TPSA) is 58.6 Å². The van der Waals surface area contributed by atoms with Crippen molar-refractivity contribution < 1.29 is 13.2 Å². The summed E-state index contributed by atoms with van der Waals surface area (Å²) in [5, 5.41) is 3.30. The van der Waals surface area contributed by atoms with Crippen LogP contribution in [0.2, 0.25) is 0 Å². The van der Waals surface area contributed by atoms with E-state index in [4.69, 9.17) is 4.74 Å². The molecule has 116 valence electrons. The number of hydrogen-bond donors (Lipinski definition) is 1. The van der Waals surface area contributed by atoms with E-state index in [9.17, 15) is 8.42 Å². The standard InChI is InChI=1S/C15H22N2O3S/c1-3-20-13-4-6-14(7-5-13)21(18,19)17-11(2)8-12-9-16-10-15(12)17/h4-7,11-12,15-16H,3,8-10H2,1-2H3. The zero-order chi connectivity index (χ0) is 15.0. The van der Waals surface area contributed by atoms with Gasteiger partial charge in [-0.25, -0.2) is 8.42 Å². The number of benzene rings is 1. The van der Waals surface area contributed by atoms with E-state index in [2.05, 4.69) is 5.32 Å². The zero-order valence-corrected chi connectivity index (χ0v) is 13.3. The number of ether oxygens (including phenoxy) is 1. The van der Waals surface area contributed by atoms with Crippen molar-refractivity contribution in [2.24, 2.45) is 5.92 Å². The van der Waals surface area contributed by atoms with Crippen molar-refractivity contribution in [1.29, 1.82) is 0 Å². The first-order valence-corrected chi connectivity index (χ1v) is 8.95. The molecule has 0 saturated carbocycles. The first kappa shape index (κ1) is 14.8. The lowest BCUT2D eigenvalue weighted by Crippen LogP contribution is -2.42. The van der Waals surface area contributed by atoms with Gasteiger partial charge in [-0.2, -0.15) is 4.31 Å². The van der Waals surface area contributed by atoms with Crippen LogP contribution in [0.3, 0.4) is 0 Å². The highest BCUT2D eigenvalue weighted by Gasteiger charge is 2.47. The van der Waals surface area contributed by atoms with Gasteiger partial charge in [0.2, 0.25) is 10.0 Å². The van der Waals surface area contributed by atoms with E-state index >= 15 is 0 Å². The average Bonchev–Trinajstić information content (AvgIpc) is 2.99. The van der Waals surface area contributed by atoms with Gasteiger partial charge in [0.15, 0.2) is 0 Å². The summed E-state index contributed by atoms with van der Waals surface area (Å²) in [5.74, 6) is 1.14. The molecule has 2 saturated heterocycles. The van der Waals surface area contributed by atoms with Gasteiger partial charge in [-0.3, -0.25) is 0 Å². The summed E-state index contributed by atoms with van der Waals surface area (Å²) in [4.78, 5) is 0.352. The van der Waals surface area contributed by atoms with Crippen LogP contribution < -0.4 is 10.1 Å². The molecule has 6 heteroatoms. The SMILES string of the molecule is CCOc1ccc(S(=O)(=O)N2C(C)CC3CNCC32)cc1. The number of rotatable bonds is 4. The first-order valence-electron chi connectivity index (χ1n) is 7.51. The lowest BCUT2D eigenvalue weighted by atomic mass is 10.0. The highest BCUT2D eigenvalue weighted by Crippen LogP contribution is 2.36. The van der Waals surface area contributed by atoms with E-state index in [0.29, 0.717) is 23.2 Å². The van der Waals surface area contributed by atoms with E-state index in [1.165, 1.54) is 0 Å². The number of nitrogens with zero attached hydrogens (tertiary/aromatic N) is 1. The molecule has 3 rings (SSSR count). The Balaban J connectivity index is 1.89. The molecule has 2 aliphatic rings. The third-order valence-electron chi connectivity index (χ3n) is 4.42. The van der Waals surface area contributed by atoms with Crippen molar-refractivity contribution in [3.63, 3.8) is 0 Å². The normalized spacial score (nSPS) is 29.5. The first-order chi connectivity index (χ1) is 10.0. The molecule has 2 fully saturated rings. The molecular weight excluding hydrogens is 288 g/mol. The van der Waals surface area contributed by atoms with Gasteiger partial charge >= 0.3 is 0 Å². The van der Waals surface area contributed by atoms with Crippen molar-refractivity contribution in [1.82, 2.24) is 9.62 Å². The summed E-state index contributed by atoms with van der Waals surface area (Å²) < 4.78 is 32.9. The minimum atomic E-state index is -3.44. The van der Waals surface area contributed by atoms with Gasteiger partial charge in [0.25, 0.3) is 0 Å². The van der Waals surface area contributed by atoms with Crippen LogP contribution >= 0.6 is 0 Å². The summed E-state index contributed by atoms with van der Waals surface area (Å²) in [6, 6.07) is 6.89. The van der Waals surface area contributed by atoms with Crippen LogP contribution in [0.5, 0.6) is 5.75 Å². The molecular formula is C15H22N2O3S. The van der Waals surface area contributed by atoms with Gasteiger partial charge in [0.05, 0.1) is 11.5 Å². The van der Waals surface area contributed by atoms with E-state index in [1.54, 1.807) is 28.6 Å². The Morgan fingerprint density at radius 1 is 1.29 bits per heavy atom. The molecule has 3 unspecified atom stereocenters. The molecule has 3 atom stereocenters. The molecule has 2 aliphatic heterocycles. The smallest absolute Gasteiger partial charge is 0.243 e. The lowest BCUT2D eigenvalue weighted by Gasteiger charge is -2.26. The fraction of sp³-hybridized carbons (Fsp3) is 0.600. The van der Waals surface area contributed by atoms with Crippen LogP contribution in [0.1, 0.15) is 20.3 Å². The predicted octanol–water partition coefficient (Wildman–Crippen LogP) is 1.46. The Morgan fingerprint density at radius 2 is 2.00 bits per heavy atom. The van der Waals surface area contributed by atoms with Crippen LogP contribution in [0.4, 0.5) is 0 Å². The minimum absolute atomic E-state index is 0.0682. The fourth-order valence-corrected chi connectivity index (χ4v) is 5.42. The van der Waals surface area contributed by atoms with E-state index in [-0.39, 0.29) is 12.1 Å². The van der Waals surface area contributed by atoms with Crippen LogP contribution in [0, 0.1) is 5.92 Å². The molecule has 21 heavy (non-hydrogen) atoms. The molecule has 0 spiro atoms. The summed E-state index contributed by atoms with van der Waals surface area (Å²) >= 11 is 0. The maximum absolute atomic E-state index is 12.9. The third kappa shape index (κ3) is 2.56. The van der Waals surface area contributed by atoms with Crippen LogP contribution in [-0.4, -0.2) is 44.5 Å². The monoisotopic (exact) mass is 310 g/mol. The van der Waals surface area contributed by atoms with Gasteiger partial charge < -0.3 is 10.1 Å². The largest absolute Gasteiger partial charge is 0.494 e. The lowest BCUT2D eigenvalue weighted by molar-refractivity contribution is 0.334. The maximum Gasteiger partial charge on any atom is 0.243 e. The number of sulfonamides is 1. The van der Waals surface area contributed by atoms with E-state index in [1.807, 2.05) is 13.8 Å². The number of fused-ring (bicyclic) bond motifs is 1. The predicted molar refractivity (Wildman–Crippen MR) is 80.9 cm³/mol. The number of hydrogen-bond acceptors (Lipinski definition) is 4. The second-order valence-electron chi connectivity index (χ2n) is 5.81. The van der Waals surface area contributed by atoms with Crippen LogP contribution in [-0.2, 0) is 10.0 Å². The molecule has 1 N–H and O–H groups in total. The van der Waals surface area contributed by atoms with Gasteiger partial charge in [-0.05, 0) is 57.0 Å². The molecule has 1 aromatic carbocycles. The summed E-state index contributed by atoms with van der Waals surface area (Å²) in [6.07, 6.45) is 0.938. The Morgan fingerprint density at radius 3 is 2.67 bits per heavy atom. The Hall–Kier alpha value is -1.11. The van der Waals surface area contributed by atoms with Gasteiger partial charge in [-0.1, -0.05) is 0 Å². The number of nitrogens with one attached hydrogen (secondary N) is 1. The molecule has 0 radical (unpaired) electrons. The van der Waals surface area contributed by atoms with Crippen molar-refractivity contribution in [2.75, 3.05) is 19.7 Å². The second kappa shape index (κ2) is 5.59. The minimum Gasteiger partial charge on any atom is -0.494 e. The maximum atomic E-state index is 12.9. The van der Waals surface area contributed by atoms with Crippen molar-refractivity contribution in [3.8, 4) is 5.75 Å². The quantitative estimate of drug-likeness (QED) is 0.914. The molecule has 0 amide bonds. The molecule has 5 nitrogen and oxygen atoms in total. The third-order valence-corrected chi connectivity index (χ3v) is 6.47. The Bertz CT molecular complexity index is 600. The summed E-state index contributed by atoms with van der Waals surface area (Å²) in [6.45, 7) is 6.16. The second-order valence-corrected chi connectivity index (χ2v) is 7.65. The van der Waals surface area contributed by atoms with E-state index in [0.717, 1.165) is 19.5 Å². The Labute approximate surface area is 126 Å². The van der Waals surface area contributed by atoms with E-state index < -0.39 is 10.0 Å². The Kier molecular flexibility index (Phi) is 3.94. The molecule has 0 bridgehead atoms. The average molecular weight is 310 g/mol. The van der Waals surface area contributed by atoms with Gasteiger partial charge in [-0.15, -0.1) is 0 Å². The highest BCUT2D eigenvalue weighted by atomic mass is 32.2. The zero-order valence-electron chi connectivity index (χ0n) is 12.5. The van der Waals surface area contributed by atoms with Crippen molar-refractivity contribution in [2.45, 2.75) is 37.2 Å². The molecule has 1 aromatic rings. The van der Waals surface area contributed by atoms with Gasteiger partial charge in [0.1, 0.15) is 5.75 Å². The highest BCUT2D eigenvalue weighted by molar-refractivity contribution is 7.89. The fourth-order valence-electron chi connectivity index (χ4n) is 3.54. The van der Waals surface area contributed by atoms with Gasteiger partial charge in [0, 0.05) is 18.6 Å². The van der Waals surface area contributed by atoms with Crippen LogP contribution in [0.25, 0.3) is 0 Å².